The number of carbonyl (C=O) groups excluding carboxylic acids is 1. The fourth-order valence-corrected chi connectivity index (χ4v) is 4.80. The fourth-order valence-electron chi connectivity index (χ4n) is 3.98. The molecule has 0 atom stereocenters. The summed E-state index contributed by atoms with van der Waals surface area (Å²) in [6, 6.07) is 30.6. The molecule has 42 heavy (non-hydrogen) atoms. The first-order valence-corrected chi connectivity index (χ1v) is 13.8. The molecule has 0 aliphatic rings. The number of nitrogens with one attached hydrogen (secondary N) is 3. The predicted octanol–water partition coefficient (Wildman–Crippen LogP) is 7.72. The zero-order valence-corrected chi connectivity index (χ0v) is 23.3. The minimum absolute atomic E-state index is 0.0725. The molecule has 1 aromatic heterocycles. The molecular formula is C32H25N5O4S. The van der Waals surface area contributed by atoms with Crippen molar-refractivity contribution >= 4 is 34.9 Å². The van der Waals surface area contributed by atoms with Gasteiger partial charge in [0.2, 0.25) is 0 Å². The van der Waals surface area contributed by atoms with Gasteiger partial charge in [-0.05, 0) is 59.7 Å². The summed E-state index contributed by atoms with van der Waals surface area (Å²) in [5, 5.41) is 6.03. The average molecular weight is 576 g/mol. The van der Waals surface area contributed by atoms with Crippen molar-refractivity contribution in [3.05, 3.63) is 130 Å². The van der Waals surface area contributed by atoms with E-state index in [1.165, 1.54) is 11.8 Å². The number of aromatic amines is 1. The first-order valence-electron chi connectivity index (χ1n) is 12.8. The van der Waals surface area contributed by atoms with Gasteiger partial charge in [-0.15, -0.1) is 0 Å². The van der Waals surface area contributed by atoms with E-state index in [0.717, 1.165) is 5.56 Å². The second kappa shape index (κ2) is 13.2. The molecule has 0 aliphatic heterocycles. The molecule has 0 saturated carbocycles. The molecule has 1 heterocycles. The number of H-pyrrole nitrogens is 1. The van der Waals surface area contributed by atoms with Gasteiger partial charge in [-0.1, -0.05) is 60.3 Å². The summed E-state index contributed by atoms with van der Waals surface area (Å²) in [5.74, 6) is 2.43. The zero-order chi connectivity index (χ0) is 29.3. The van der Waals surface area contributed by atoms with Crippen molar-refractivity contribution in [2.24, 2.45) is 0 Å². The molecule has 10 heteroatoms. The van der Waals surface area contributed by atoms with Crippen LogP contribution in [0.3, 0.4) is 0 Å². The van der Waals surface area contributed by atoms with Gasteiger partial charge in [-0.3, -0.25) is 4.79 Å². The van der Waals surface area contributed by atoms with E-state index in [4.69, 9.17) is 16.0 Å². The number of hydrogen-bond acceptors (Lipinski definition) is 6. The highest BCUT2D eigenvalue weighted by atomic mass is 32.2. The molecule has 5 aromatic rings. The Morgan fingerprint density at radius 1 is 0.881 bits per heavy atom. The maximum absolute atomic E-state index is 12.6. The molecule has 0 radical (unpaired) electrons. The van der Waals surface area contributed by atoms with Crippen molar-refractivity contribution < 1.29 is 14.3 Å². The van der Waals surface area contributed by atoms with Crippen LogP contribution in [0.4, 0.5) is 21.9 Å². The molecule has 3 N–H and O–H groups in total. The highest BCUT2D eigenvalue weighted by Crippen LogP contribution is 2.30. The standard InChI is InChI=1S/C32H25N5O4S/c1-33-29-28(22-8-6-12-26(18-22)40-2)36-32(37-30(29)38)42-20-21-14-16-23(17-15-21)34-31(39)35-24-9-7-13-27(19-24)41-25-10-4-3-5-11-25/h3-19H,20H2,2H3,(H2,34,35,39)(H,36,37,38). The lowest BCUT2D eigenvalue weighted by molar-refractivity contribution is 0.262. The number of rotatable bonds is 9. The molecule has 208 valence electrons. The number of anilines is 2. The van der Waals surface area contributed by atoms with Crippen molar-refractivity contribution in [3.63, 3.8) is 0 Å². The van der Waals surface area contributed by atoms with Crippen LogP contribution in [-0.4, -0.2) is 23.1 Å². The molecule has 0 unspecified atom stereocenters. The molecule has 5 rings (SSSR count). The van der Waals surface area contributed by atoms with Crippen molar-refractivity contribution in [3.8, 4) is 28.5 Å². The SMILES string of the molecule is [C-]#[N+]c1c(-c2cccc(OC)c2)nc(SCc2ccc(NC(=O)Nc3cccc(Oc4ccccc4)c3)cc2)[nH]c1=O. The smallest absolute Gasteiger partial charge is 0.323 e. The second-order valence-corrected chi connectivity index (χ2v) is 9.88. The number of benzene rings is 4. The summed E-state index contributed by atoms with van der Waals surface area (Å²) in [5.41, 5.74) is 2.52. The maximum Gasteiger partial charge on any atom is 0.323 e. The normalized spacial score (nSPS) is 10.4. The lowest BCUT2D eigenvalue weighted by atomic mass is 10.1. The van der Waals surface area contributed by atoms with Crippen molar-refractivity contribution in [2.75, 3.05) is 17.7 Å². The van der Waals surface area contributed by atoms with Gasteiger partial charge in [0.15, 0.2) is 5.16 Å². The number of hydrogen-bond donors (Lipinski definition) is 3. The van der Waals surface area contributed by atoms with E-state index < -0.39 is 5.56 Å². The van der Waals surface area contributed by atoms with Crippen LogP contribution in [0.25, 0.3) is 16.1 Å². The Hall–Kier alpha value is -5.53. The number of carbonyl (C=O) groups is 1. The summed E-state index contributed by atoms with van der Waals surface area (Å²) >= 11 is 1.34. The number of nitrogens with zero attached hydrogens (tertiary/aromatic N) is 2. The lowest BCUT2D eigenvalue weighted by Crippen LogP contribution is -2.19. The minimum Gasteiger partial charge on any atom is -0.497 e. The van der Waals surface area contributed by atoms with Crippen LogP contribution >= 0.6 is 11.8 Å². The summed E-state index contributed by atoms with van der Waals surface area (Å²) in [6.07, 6.45) is 0. The Kier molecular flexibility index (Phi) is 8.82. The molecule has 4 aromatic carbocycles. The Morgan fingerprint density at radius 3 is 2.36 bits per heavy atom. The molecule has 9 nitrogen and oxygen atoms in total. The van der Waals surface area contributed by atoms with Crippen LogP contribution in [0.2, 0.25) is 0 Å². The number of para-hydroxylation sites is 1. The summed E-state index contributed by atoms with van der Waals surface area (Å²) in [4.78, 5) is 35.8. The second-order valence-electron chi connectivity index (χ2n) is 8.92. The van der Waals surface area contributed by atoms with Gasteiger partial charge in [-0.25, -0.2) is 14.6 Å². The molecule has 0 spiro atoms. The molecule has 0 aliphatic carbocycles. The summed E-state index contributed by atoms with van der Waals surface area (Å²) in [6.45, 7) is 7.45. The monoisotopic (exact) mass is 575 g/mol. The van der Waals surface area contributed by atoms with E-state index in [-0.39, 0.29) is 11.7 Å². The van der Waals surface area contributed by atoms with Gasteiger partial charge in [0.05, 0.1) is 19.4 Å². The number of thioether (sulfide) groups is 1. The van der Waals surface area contributed by atoms with Crippen molar-refractivity contribution in [1.29, 1.82) is 0 Å². The van der Waals surface area contributed by atoms with Crippen LogP contribution < -0.4 is 25.7 Å². The third kappa shape index (κ3) is 7.15. The molecule has 2 amide bonds. The number of ether oxygens (including phenoxy) is 2. The number of urea groups is 1. The summed E-state index contributed by atoms with van der Waals surface area (Å²) in [7, 11) is 1.55. The van der Waals surface area contributed by atoms with Crippen LogP contribution in [-0.2, 0) is 5.75 Å². The van der Waals surface area contributed by atoms with Crippen LogP contribution in [0.15, 0.2) is 113 Å². The first kappa shape index (κ1) is 28.0. The number of amides is 2. The molecule has 0 bridgehead atoms. The Labute approximate surface area is 246 Å². The van der Waals surface area contributed by atoms with Crippen LogP contribution in [0.1, 0.15) is 5.56 Å². The average Bonchev–Trinajstić information content (AvgIpc) is 3.01. The summed E-state index contributed by atoms with van der Waals surface area (Å²) < 4.78 is 11.1. The van der Waals surface area contributed by atoms with E-state index in [9.17, 15) is 9.59 Å². The fraction of sp³-hybridized carbons (Fsp3) is 0.0625. The largest absolute Gasteiger partial charge is 0.497 e. The van der Waals surface area contributed by atoms with Crippen molar-refractivity contribution in [2.45, 2.75) is 10.9 Å². The lowest BCUT2D eigenvalue weighted by Gasteiger charge is -2.11. The number of methoxy groups -OCH3 is 1. The topological polar surface area (TPSA) is 110 Å². The van der Waals surface area contributed by atoms with Gasteiger partial charge < -0.3 is 25.1 Å². The Bertz CT molecular complexity index is 1800. The quantitative estimate of drug-likeness (QED) is 0.0943. The van der Waals surface area contributed by atoms with E-state index >= 15 is 0 Å². The van der Waals surface area contributed by atoms with E-state index in [1.54, 1.807) is 61.7 Å². The van der Waals surface area contributed by atoms with Crippen molar-refractivity contribution in [1.82, 2.24) is 9.97 Å². The van der Waals surface area contributed by atoms with Crippen LogP contribution in [0, 0.1) is 6.57 Å². The van der Waals surface area contributed by atoms with Gasteiger partial charge in [0, 0.05) is 23.2 Å². The third-order valence-electron chi connectivity index (χ3n) is 5.99. The van der Waals surface area contributed by atoms with Gasteiger partial charge in [0.1, 0.15) is 17.2 Å². The third-order valence-corrected chi connectivity index (χ3v) is 6.93. The predicted molar refractivity (Wildman–Crippen MR) is 165 cm³/mol. The van der Waals surface area contributed by atoms with E-state index in [2.05, 4.69) is 25.4 Å². The molecule has 0 saturated heterocycles. The minimum atomic E-state index is -0.497. The molecule has 0 fully saturated rings. The maximum atomic E-state index is 12.6. The highest BCUT2D eigenvalue weighted by molar-refractivity contribution is 7.98. The van der Waals surface area contributed by atoms with Gasteiger partial charge in [0.25, 0.3) is 11.2 Å². The Balaban J connectivity index is 1.20. The van der Waals surface area contributed by atoms with E-state index in [1.807, 2.05) is 48.5 Å². The van der Waals surface area contributed by atoms with E-state index in [0.29, 0.717) is 50.8 Å². The molecular weight excluding hydrogens is 550 g/mol. The first-order chi connectivity index (χ1) is 20.5. The number of aromatic nitrogens is 2. The van der Waals surface area contributed by atoms with Gasteiger partial charge >= 0.3 is 6.03 Å². The van der Waals surface area contributed by atoms with Gasteiger partial charge in [-0.2, -0.15) is 0 Å². The zero-order valence-electron chi connectivity index (χ0n) is 22.5. The van der Waals surface area contributed by atoms with Crippen LogP contribution in [0.5, 0.6) is 17.2 Å². The Morgan fingerprint density at radius 2 is 1.60 bits per heavy atom. The highest BCUT2D eigenvalue weighted by Gasteiger charge is 2.15.